The second-order valence-electron chi connectivity index (χ2n) is 3.88. The van der Waals surface area contributed by atoms with Gasteiger partial charge in [-0.2, -0.15) is 11.3 Å². The van der Waals surface area contributed by atoms with Crippen molar-refractivity contribution in [1.29, 1.82) is 0 Å². The minimum atomic E-state index is -0.577. The Kier molecular flexibility index (Phi) is 3.62. The average molecular weight is 265 g/mol. The van der Waals surface area contributed by atoms with Crippen LogP contribution >= 0.6 is 11.3 Å². The van der Waals surface area contributed by atoms with E-state index >= 15 is 0 Å². The van der Waals surface area contributed by atoms with Gasteiger partial charge in [0.15, 0.2) is 0 Å². The molecule has 0 aliphatic heterocycles. The average Bonchev–Trinajstić information content (AvgIpc) is 2.85. The monoisotopic (exact) mass is 265 g/mol. The molecule has 1 aromatic carbocycles. The van der Waals surface area contributed by atoms with Crippen LogP contribution < -0.4 is 5.73 Å². The fraction of sp³-hybridized carbons (Fsp3) is 0.154. The van der Waals surface area contributed by atoms with E-state index in [0.717, 1.165) is 11.6 Å². The Morgan fingerprint density at radius 2 is 2.28 bits per heavy atom. The van der Waals surface area contributed by atoms with Crippen LogP contribution in [-0.2, 0) is 11.3 Å². The van der Waals surface area contributed by atoms with Crippen LogP contribution in [0.3, 0.4) is 0 Å². The van der Waals surface area contributed by atoms with Gasteiger partial charge in [0.2, 0.25) is 0 Å². The molecule has 2 aromatic rings. The molecule has 0 amide bonds. The molecule has 1 aromatic heterocycles. The van der Waals surface area contributed by atoms with Gasteiger partial charge < -0.3 is 10.5 Å². The molecule has 0 aliphatic carbocycles. The van der Waals surface area contributed by atoms with Crippen molar-refractivity contribution >= 4 is 23.0 Å². The van der Waals surface area contributed by atoms with Crippen molar-refractivity contribution in [2.45, 2.75) is 13.5 Å². The van der Waals surface area contributed by atoms with E-state index in [1.54, 1.807) is 6.92 Å². The molecule has 0 radical (unpaired) electrons. The lowest BCUT2D eigenvalue weighted by atomic mass is 10.1. The Morgan fingerprint density at radius 1 is 1.50 bits per heavy atom. The maximum Gasteiger partial charge on any atom is 0.338 e. The van der Waals surface area contributed by atoms with Crippen LogP contribution in [0, 0.1) is 12.7 Å². The highest BCUT2D eigenvalue weighted by Gasteiger charge is 2.12. The Bertz CT molecular complexity index is 543. The van der Waals surface area contributed by atoms with Crippen molar-refractivity contribution < 1.29 is 13.9 Å². The van der Waals surface area contributed by atoms with Gasteiger partial charge in [-0.05, 0) is 35.9 Å². The summed E-state index contributed by atoms with van der Waals surface area (Å²) in [6.45, 7) is 1.74. The smallest absolute Gasteiger partial charge is 0.338 e. The molecule has 2 rings (SSSR count). The molecule has 3 nitrogen and oxygen atoms in total. The number of thiophene rings is 1. The molecule has 1 heterocycles. The first-order chi connectivity index (χ1) is 8.58. The van der Waals surface area contributed by atoms with Gasteiger partial charge in [0, 0.05) is 16.8 Å². The van der Waals surface area contributed by atoms with Gasteiger partial charge in [-0.15, -0.1) is 0 Å². The topological polar surface area (TPSA) is 52.3 Å². The number of hydrogen-bond donors (Lipinski definition) is 1. The Balaban J connectivity index is 2.09. The Morgan fingerprint density at radius 3 is 2.89 bits per heavy atom. The summed E-state index contributed by atoms with van der Waals surface area (Å²) in [4.78, 5) is 11.7. The molecule has 0 saturated heterocycles. The Hall–Kier alpha value is -1.88. The van der Waals surface area contributed by atoms with Crippen LogP contribution in [0.2, 0.25) is 0 Å². The van der Waals surface area contributed by atoms with Crippen LogP contribution in [-0.4, -0.2) is 5.97 Å². The highest BCUT2D eigenvalue weighted by atomic mass is 32.1. The molecule has 5 heteroatoms. The first-order valence-corrected chi connectivity index (χ1v) is 6.26. The number of carbonyl (C=O) groups is 1. The summed E-state index contributed by atoms with van der Waals surface area (Å²) in [5, 5.41) is 3.78. The zero-order valence-electron chi connectivity index (χ0n) is 9.77. The summed E-state index contributed by atoms with van der Waals surface area (Å²) in [6.07, 6.45) is 0. The summed E-state index contributed by atoms with van der Waals surface area (Å²) in [5.74, 6) is -1.08. The number of halogens is 1. The molecule has 0 fully saturated rings. The van der Waals surface area contributed by atoms with Crippen molar-refractivity contribution in [2.24, 2.45) is 0 Å². The third-order valence-electron chi connectivity index (χ3n) is 2.57. The standard InChI is InChI=1S/C13H12FNO2S/c1-8-11(14)4-10(5-12(8)15)13(16)17-6-9-2-3-18-7-9/h2-5,7H,6,15H2,1H3. The number of rotatable bonds is 3. The minimum Gasteiger partial charge on any atom is -0.457 e. The summed E-state index contributed by atoms with van der Waals surface area (Å²) < 4.78 is 18.5. The van der Waals surface area contributed by atoms with E-state index in [0.29, 0.717) is 5.56 Å². The van der Waals surface area contributed by atoms with Gasteiger partial charge in [-0.1, -0.05) is 0 Å². The third kappa shape index (κ3) is 2.68. The normalized spacial score (nSPS) is 10.3. The molecule has 0 saturated carbocycles. The van der Waals surface area contributed by atoms with Crippen molar-refractivity contribution in [2.75, 3.05) is 5.73 Å². The lowest BCUT2D eigenvalue weighted by Crippen LogP contribution is -2.07. The first kappa shape index (κ1) is 12.6. The van der Waals surface area contributed by atoms with Crippen LogP contribution in [0.15, 0.2) is 29.0 Å². The highest BCUT2D eigenvalue weighted by Crippen LogP contribution is 2.18. The second kappa shape index (κ2) is 5.18. The summed E-state index contributed by atoms with van der Waals surface area (Å²) in [6, 6.07) is 4.43. The minimum absolute atomic E-state index is 0.130. The van der Waals surface area contributed by atoms with Gasteiger partial charge in [0.05, 0.1) is 5.56 Å². The SMILES string of the molecule is Cc1c(N)cc(C(=O)OCc2ccsc2)cc1F. The number of carbonyl (C=O) groups excluding carboxylic acids is 1. The molecule has 0 spiro atoms. The van der Waals surface area contributed by atoms with Gasteiger partial charge in [-0.25, -0.2) is 9.18 Å². The zero-order chi connectivity index (χ0) is 13.1. The lowest BCUT2D eigenvalue weighted by Gasteiger charge is -2.07. The van der Waals surface area contributed by atoms with Crippen LogP contribution in [0.25, 0.3) is 0 Å². The largest absolute Gasteiger partial charge is 0.457 e. The molecule has 0 unspecified atom stereocenters. The van der Waals surface area contributed by atoms with Crippen molar-refractivity contribution in [3.05, 3.63) is 51.5 Å². The van der Waals surface area contributed by atoms with Crippen molar-refractivity contribution in [1.82, 2.24) is 0 Å². The van der Waals surface area contributed by atoms with Crippen LogP contribution in [0.1, 0.15) is 21.5 Å². The number of hydrogen-bond acceptors (Lipinski definition) is 4. The quantitative estimate of drug-likeness (QED) is 0.685. The number of benzene rings is 1. The van der Waals surface area contributed by atoms with Gasteiger partial charge in [-0.3, -0.25) is 0 Å². The maximum atomic E-state index is 13.4. The van der Waals surface area contributed by atoms with E-state index in [4.69, 9.17) is 10.5 Å². The molecule has 0 bridgehead atoms. The fourth-order valence-corrected chi connectivity index (χ4v) is 2.08. The third-order valence-corrected chi connectivity index (χ3v) is 3.30. The number of ether oxygens (including phenoxy) is 1. The Labute approximate surface area is 108 Å². The van der Waals surface area contributed by atoms with E-state index in [1.807, 2.05) is 16.8 Å². The molecular formula is C13H12FNO2S. The molecule has 0 atom stereocenters. The number of nitrogens with two attached hydrogens (primary N) is 1. The zero-order valence-corrected chi connectivity index (χ0v) is 10.6. The van der Waals surface area contributed by atoms with E-state index in [9.17, 15) is 9.18 Å². The van der Waals surface area contributed by atoms with E-state index < -0.39 is 11.8 Å². The van der Waals surface area contributed by atoms with E-state index in [-0.39, 0.29) is 17.9 Å². The molecular weight excluding hydrogens is 253 g/mol. The van der Waals surface area contributed by atoms with Gasteiger partial charge in [0.25, 0.3) is 0 Å². The van der Waals surface area contributed by atoms with E-state index in [1.165, 1.54) is 17.4 Å². The fourth-order valence-electron chi connectivity index (χ4n) is 1.42. The van der Waals surface area contributed by atoms with Crippen LogP contribution in [0.5, 0.6) is 0 Å². The highest BCUT2D eigenvalue weighted by molar-refractivity contribution is 7.07. The van der Waals surface area contributed by atoms with Crippen molar-refractivity contribution in [3.63, 3.8) is 0 Å². The summed E-state index contributed by atoms with van der Waals surface area (Å²) in [7, 11) is 0. The van der Waals surface area contributed by atoms with Gasteiger partial charge in [0.1, 0.15) is 12.4 Å². The van der Waals surface area contributed by atoms with Crippen LogP contribution in [0.4, 0.5) is 10.1 Å². The second-order valence-corrected chi connectivity index (χ2v) is 4.66. The number of esters is 1. The molecule has 2 N–H and O–H groups in total. The maximum absolute atomic E-state index is 13.4. The summed E-state index contributed by atoms with van der Waals surface area (Å²) in [5.41, 5.74) is 7.23. The summed E-state index contributed by atoms with van der Waals surface area (Å²) >= 11 is 1.52. The van der Waals surface area contributed by atoms with Gasteiger partial charge >= 0.3 is 5.97 Å². The van der Waals surface area contributed by atoms with E-state index in [2.05, 4.69) is 0 Å². The number of anilines is 1. The first-order valence-electron chi connectivity index (χ1n) is 5.31. The lowest BCUT2D eigenvalue weighted by molar-refractivity contribution is 0.0472. The predicted molar refractivity (Wildman–Crippen MR) is 69.0 cm³/mol. The molecule has 0 aliphatic rings. The van der Waals surface area contributed by atoms with Crippen molar-refractivity contribution in [3.8, 4) is 0 Å². The number of nitrogen functional groups attached to an aromatic ring is 1. The molecule has 18 heavy (non-hydrogen) atoms. The molecule has 94 valence electrons. The predicted octanol–water partition coefficient (Wildman–Crippen LogP) is 3.13.